The van der Waals surface area contributed by atoms with Crippen LogP contribution in [0.1, 0.15) is 34.8 Å². The van der Waals surface area contributed by atoms with Crippen molar-refractivity contribution in [3.05, 3.63) is 45.5 Å². The van der Waals surface area contributed by atoms with Crippen molar-refractivity contribution in [2.24, 2.45) is 0 Å². The zero-order chi connectivity index (χ0) is 14.4. The fourth-order valence-electron chi connectivity index (χ4n) is 3.44. The molecule has 2 N–H and O–H groups in total. The Hall–Kier alpha value is -1.81. The van der Waals surface area contributed by atoms with Crippen molar-refractivity contribution in [1.82, 2.24) is 9.55 Å². The molecule has 21 heavy (non-hydrogen) atoms. The van der Waals surface area contributed by atoms with Crippen LogP contribution in [0.5, 0.6) is 0 Å². The Labute approximate surface area is 128 Å². The monoisotopic (exact) mass is 297 g/mol. The zero-order valence-electron chi connectivity index (χ0n) is 12.2. The second-order valence-electron chi connectivity index (χ2n) is 5.88. The molecule has 0 radical (unpaired) electrons. The minimum absolute atomic E-state index is 0.859. The van der Waals surface area contributed by atoms with Gasteiger partial charge in [-0.25, -0.2) is 4.98 Å². The maximum atomic E-state index is 6.00. The van der Waals surface area contributed by atoms with Gasteiger partial charge in [-0.1, -0.05) is 0 Å². The molecule has 1 aliphatic carbocycles. The van der Waals surface area contributed by atoms with Gasteiger partial charge in [0.05, 0.1) is 6.54 Å². The van der Waals surface area contributed by atoms with Crippen LogP contribution < -0.4 is 5.73 Å². The van der Waals surface area contributed by atoms with Crippen molar-refractivity contribution in [1.29, 1.82) is 0 Å². The van der Waals surface area contributed by atoms with Gasteiger partial charge in [0.1, 0.15) is 5.01 Å². The van der Waals surface area contributed by atoms with Crippen molar-refractivity contribution >= 4 is 27.9 Å². The van der Waals surface area contributed by atoms with Gasteiger partial charge in [-0.15, -0.1) is 11.3 Å². The van der Waals surface area contributed by atoms with E-state index in [1.807, 2.05) is 6.07 Å². The van der Waals surface area contributed by atoms with Crippen LogP contribution in [0.15, 0.2) is 23.6 Å². The first kappa shape index (κ1) is 12.9. The zero-order valence-corrected chi connectivity index (χ0v) is 13.0. The lowest BCUT2D eigenvalue weighted by molar-refractivity contribution is 0.637. The summed E-state index contributed by atoms with van der Waals surface area (Å²) in [6.45, 7) is 2.94. The Morgan fingerprint density at radius 3 is 2.95 bits per heavy atom. The number of benzene rings is 1. The first-order valence-corrected chi connectivity index (χ1v) is 8.41. The number of nitrogens with two attached hydrogens (primary N) is 1. The molecular formula is C17H19N3S. The van der Waals surface area contributed by atoms with Gasteiger partial charge in [0, 0.05) is 33.4 Å². The first-order chi connectivity index (χ1) is 10.2. The molecule has 1 aliphatic rings. The van der Waals surface area contributed by atoms with E-state index in [4.69, 9.17) is 5.73 Å². The summed E-state index contributed by atoms with van der Waals surface area (Å²) in [5, 5.41) is 4.67. The first-order valence-electron chi connectivity index (χ1n) is 7.53. The molecule has 108 valence electrons. The molecule has 3 nitrogen and oxygen atoms in total. The molecule has 0 saturated heterocycles. The molecule has 0 spiro atoms. The maximum Gasteiger partial charge on any atom is 0.113 e. The summed E-state index contributed by atoms with van der Waals surface area (Å²) in [6.07, 6.45) is 4.93. The molecule has 3 aromatic rings. The van der Waals surface area contributed by atoms with Gasteiger partial charge >= 0.3 is 0 Å². The molecular weight excluding hydrogens is 278 g/mol. The summed E-state index contributed by atoms with van der Waals surface area (Å²) >= 11 is 1.75. The third kappa shape index (κ3) is 2.14. The average Bonchev–Trinajstić information content (AvgIpc) is 3.02. The molecule has 4 heteroatoms. The normalized spacial score (nSPS) is 14.5. The number of thiazole rings is 1. The molecule has 2 aromatic heterocycles. The number of nitrogens with zero attached hydrogens (tertiary/aromatic N) is 2. The molecule has 0 unspecified atom stereocenters. The van der Waals surface area contributed by atoms with Crippen LogP contribution in [0.3, 0.4) is 0 Å². The number of aromatic nitrogens is 2. The van der Waals surface area contributed by atoms with Crippen LogP contribution in [0.25, 0.3) is 10.9 Å². The Balaban J connectivity index is 1.90. The van der Waals surface area contributed by atoms with E-state index in [1.165, 1.54) is 52.9 Å². The smallest absolute Gasteiger partial charge is 0.113 e. The van der Waals surface area contributed by atoms with Crippen molar-refractivity contribution in [2.45, 2.75) is 39.2 Å². The van der Waals surface area contributed by atoms with E-state index in [9.17, 15) is 0 Å². The lowest BCUT2D eigenvalue weighted by atomic mass is 9.95. The summed E-state index contributed by atoms with van der Waals surface area (Å²) in [5.41, 5.74) is 12.3. The molecule has 4 rings (SSSR count). The quantitative estimate of drug-likeness (QED) is 0.729. The number of hydrogen-bond acceptors (Lipinski definition) is 3. The van der Waals surface area contributed by atoms with E-state index < -0.39 is 0 Å². The largest absolute Gasteiger partial charge is 0.399 e. The predicted molar refractivity (Wildman–Crippen MR) is 88.9 cm³/mol. The number of rotatable bonds is 2. The number of nitrogen functional groups attached to an aromatic ring is 1. The average molecular weight is 297 g/mol. The Kier molecular flexibility index (Phi) is 3.00. The topological polar surface area (TPSA) is 43.8 Å². The lowest BCUT2D eigenvalue weighted by Gasteiger charge is -2.15. The Morgan fingerprint density at radius 2 is 2.14 bits per heavy atom. The van der Waals surface area contributed by atoms with Crippen molar-refractivity contribution in [2.75, 3.05) is 5.73 Å². The fourth-order valence-corrected chi connectivity index (χ4v) is 4.20. The fraction of sp³-hybridized carbons (Fsp3) is 0.353. The molecule has 0 fully saturated rings. The number of anilines is 1. The van der Waals surface area contributed by atoms with Gasteiger partial charge < -0.3 is 10.3 Å². The van der Waals surface area contributed by atoms with Gasteiger partial charge in [0.15, 0.2) is 0 Å². The van der Waals surface area contributed by atoms with Crippen molar-refractivity contribution in [3.8, 4) is 0 Å². The van der Waals surface area contributed by atoms with Gasteiger partial charge in [-0.2, -0.15) is 0 Å². The van der Waals surface area contributed by atoms with E-state index in [-0.39, 0.29) is 0 Å². The van der Waals surface area contributed by atoms with Crippen LogP contribution >= 0.6 is 11.3 Å². The Morgan fingerprint density at radius 1 is 1.29 bits per heavy atom. The highest BCUT2D eigenvalue weighted by Gasteiger charge is 2.20. The van der Waals surface area contributed by atoms with Gasteiger partial charge in [0.2, 0.25) is 0 Å². The molecule has 0 amide bonds. The number of hydrogen-bond donors (Lipinski definition) is 1. The van der Waals surface area contributed by atoms with Crippen LogP contribution in [0.2, 0.25) is 0 Å². The van der Waals surface area contributed by atoms with E-state index in [2.05, 4.69) is 34.0 Å². The van der Waals surface area contributed by atoms with Crippen LogP contribution in [-0.2, 0) is 19.4 Å². The highest BCUT2D eigenvalue weighted by atomic mass is 32.1. The molecule has 0 bridgehead atoms. The summed E-state index contributed by atoms with van der Waals surface area (Å²) in [5.74, 6) is 0. The van der Waals surface area contributed by atoms with Crippen LogP contribution in [0.4, 0.5) is 5.69 Å². The standard InChI is InChI=1S/C17H19N3S/c1-11-10-21-17(19-11)9-20-15-5-3-2-4-13(15)14-8-12(18)6-7-16(14)20/h6-8,10H,2-5,9,18H2,1H3. The van der Waals surface area contributed by atoms with E-state index >= 15 is 0 Å². The number of fused-ring (bicyclic) bond motifs is 3. The van der Waals surface area contributed by atoms with E-state index in [1.54, 1.807) is 11.3 Å². The second-order valence-corrected chi connectivity index (χ2v) is 6.82. The number of aryl methyl sites for hydroxylation is 2. The third-order valence-electron chi connectivity index (χ3n) is 4.36. The molecule has 0 saturated carbocycles. The van der Waals surface area contributed by atoms with Gasteiger partial charge in [0.25, 0.3) is 0 Å². The Bertz CT molecular complexity index is 813. The second kappa shape index (κ2) is 4.88. The minimum atomic E-state index is 0.859. The SMILES string of the molecule is Cc1csc(Cn2c3c(c4cc(N)ccc42)CCCC3)n1. The maximum absolute atomic E-state index is 6.00. The highest BCUT2D eigenvalue weighted by Crippen LogP contribution is 2.34. The summed E-state index contributed by atoms with van der Waals surface area (Å²) < 4.78 is 2.46. The van der Waals surface area contributed by atoms with Gasteiger partial charge in [-0.05, 0) is 56.4 Å². The van der Waals surface area contributed by atoms with Crippen molar-refractivity contribution in [3.63, 3.8) is 0 Å². The van der Waals surface area contributed by atoms with Crippen molar-refractivity contribution < 1.29 is 0 Å². The molecule has 1 aromatic carbocycles. The van der Waals surface area contributed by atoms with Gasteiger partial charge in [-0.3, -0.25) is 0 Å². The molecule has 0 atom stereocenters. The summed E-state index contributed by atoms with van der Waals surface area (Å²) in [4.78, 5) is 4.63. The summed E-state index contributed by atoms with van der Waals surface area (Å²) in [6, 6.07) is 6.32. The lowest BCUT2D eigenvalue weighted by Crippen LogP contribution is -2.09. The molecule has 2 heterocycles. The third-order valence-corrected chi connectivity index (χ3v) is 5.31. The van der Waals surface area contributed by atoms with Crippen LogP contribution in [0, 0.1) is 6.92 Å². The molecule has 0 aliphatic heterocycles. The van der Waals surface area contributed by atoms with E-state index in [0.29, 0.717) is 0 Å². The predicted octanol–water partition coefficient (Wildman–Crippen LogP) is 3.92. The summed E-state index contributed by atoms with van der Waals surface area (Å²) in [7, 11) is 0. The van der Waals surface area contributed by atoms with E-state index in [0.717, 1.165) is 17.9 Å². The minimum Gasteiger partial charge on any atom is -0.399 e. The highest BCUT2D eigenvalue weighted by molar-refractivity contribution is 7.09. The van der Waals surface area contributed by atoms with Crippen LogP contribution in [-0.4, -0.2) is 9.55 Å².